The van der Waals surface area contributed by atoms with Crippen LogP contribution in [0.3, 0.4) is 0 Å². The van der Waals surface area contributed by atoms with Crippen molar-refractivity contribution >= 4 is 40.5 Å². The van der Waals surface area contributed by atoms with Crippen LogP contribution < -0.4 is 10.6 Å². The second-order valence-electron chi connectivity index (χ2n) is 5.50. The number of carbonyl (C=O) groups is 2. The van der Waals surface area contributed by atoms with Crippen molar-refractivity contribution in [3.05, 3.63) is 53.5 Å². The summed E-state index contributed by atoms with van der Waals surface area (Å²) in [5.74, 6) is -0.663. The lowest BCUT2D eigenvalue weighted by atomic mass is 10.2. The van der Waals surface area contributed by atoms with Crippen LogP contribution >= 0.6 is 11.8 Å². The van der Waals surface area contributed by atoms with E-state index in [0.29, 0.717) is 16.6 Å². The van der Waals surface area contributed by atoms with Crippen LogP contribution in [-0.4, -0.2) is 32.5 Å². The van der Waals surface area contributed by atoms with Crippen molar-refractivity contribution < 1.29 is 9.59 Å². The number of aryl methyl sites for hydroxylation is 2. The average molecular weight is 355 g/mol. The van der Waals surface area contributed by atoms with E-state index in [0.717, 1.165) is 23.0 Å². The van der Waals surface area contributed by atoms with E-state index < -0.39 is 5.91 Å². The topological polar surface area (TPSA) is 93.6 Å². The van der Waals surface area contributed by atoms with Crippen LogP contribution in [0.2, 0.25) is 0 Å². The first kappa shape index (κ1) is 17.0. The maximum absolute atomic E-state index is 12.9. The first-order chi connectivity index (χ1) is 12.0. The number of hydrogen-bond donors (Lipinski definition) is 1. The number of aromatic nitrogens is 2. The smallest absolute Gasteiger partial charge is 0.283 e. The molecule has 0 aliphatic carbocycles. The predicted octanol–water partition coefficient (Wildman–Crippen LogP) is 1.69. The lowest BCUT2D eigenvalue weighted by Gasteiger charge is -2.17. The highest BCUT2D eigenvalue weighted by molar-refractivity contribution is 8.14. The minimum Gasteiger partial charge on any atom is -0.369 e. The lowest BCUT2D eigenvalue weighted by Crippen LogP contribution is -2.31. The Balaban J connectivity index is 1.99. The number of primary amides is 1. The fourth-order valence-electron chi connectivity index (χ4n) is 2.44. The van der Waals surface area contributed by atoms with Crippen molar-refractivity contribution in [1.29, 1.82) is 0 Å². The van der Waals surface area contributed by atoms with Gasteiger partial charge in [-0.3, -0.25) is 19.2 Å². The summed E-state index contributed by atoms with van der Waals surface area (Å²) in [5.41, 5.74) is 7.84. The minimum absolute atomic E-state index is 0.0502. The van der Waals surface area contributed by atoms with Gasteiger partial charge in [-0.05, 0) is 25.1 Å². The molecule has 0 atom stereocenters. The van der Waals surface area contributed by atoms with Gasteiger partial charge in [-0.15, -0.1) is 0 Å². The van der Waals surface area contributed by atoms with E-state index in [1.54, 1.807) is 10.8 Å². The molecule has 2 heterocycles. The Bertz CT molecular complexity index is 886. The Morgan fingerprint density at radius 2 is 2.04 bits per heavy atom. The SMILES string of the molecule is Cc1nn(C)cc1C=C1N=C(SCC(N)=O)N(c2ccccc2)C1=O. The molecule has 1 aliphatic rings. The lowest BCUT2D eigenvalue weighted by molar-refractivity contribution is -0.115. The zero-order valence-corrected chi connectivity index (χ0v) is 14.7. The quantitative estimate of drug-likeness (QED) is 0.845. The van der Waals surface area contributed by atoms with Gasteiger partial charge in [0.1, 0.15) is 5.70 Å². The molecular formula is C17H17N5O2S. The summed E-state index contributed by atoms with van der Waals surface area (Å²) in [4.78, 5) is 29.9. The van der Waals surface area contributed by atoms with E-state index in [-0.39, 0.29) is 11.7 Å². The number of amidine groups is 1. The maximum Gasteiger partial charge on any atom is 0.283 e. The molecular weight excluding hydrogens is 338 g/mol. The Hall–Kier alpha value is -2.87. The van der Waals surface area contributed by atoms with Crippen LogP contribution in [0.1, 0.15) is 11.3 Å². The van der Waals surface area contributed by atoms with Gasteiger partial charge in [-0.2, -0.15) is 5.10 Å². The summed E-state index contributed by atoms with van der Waals surface area (Å²) in [6.07, 6.45) is 3.53. The van der Waals surface area contributed by atoms with Gasteiger partial charge in [0.15, 0.2) is 5.17 Å². The number of carbonyl (C=O) groups excluding carboxylic acids is 2. The largest absolute Gasteiger partial charge is 0.369 e. The third kappa shape index (κ3) is 3.63. The summed E-state index contributed by atoms with van der Waals surface area (Å²) < 4.78 is 1.68. The number of rotatable bonds is 4. The van der Waals surface area contributed by atoms with Crippen LogP contribution in [-0.2, 0) is 16.6 Å². The summed E-state index contributed by atoms with van der Waals surface area (Å²) in [5, 5.41) is 4.70. The maximum atomic E-state index is 12.9. The molecule has 1 aliphatic heterocycles. The molecule has 0 radical (unpaired) electrons. The number of para-hydroxylation sites is 1. The summed E-state index contributed by atoms with van der Waals surface area (Å²) in [7, 11) is 1.82. The number of thioether (sulfide) groups is 1. The Labute approximate surface area is 149 Å². The van der Waals surface area contributed by atoms with Crippen molar-refractivity contribution in [2.45, 2.75) is 6.92 Å². The average Bonchev–Trinajstić information content (AvgIpc) is 3.06. The first-order valence-electron chi connectivity index (χ1n) is 7.57. The zero-order chi connectivity index (χ0) is 18.0. The third-order valence-corrected chi connectivity index (χ3v) is 4.49. The number of nitrogens with two attached hydrogens (primary N) is 1. The predicted molar refractivity (Wildman–Crippen MR) is 98.9 cm³/mol. The van der Waals surface area contributed by atoms with Crippen LogP contribution in [0.15, 0.2) is 47.2 Å². The fourth-order valence-corrected chi connectivity index (χ4v) is 3.19. The van der Waals surface area contributed by atoms with E-state index >= 15 is 0 Å². The molecule has 2 amide bonds. The molecule has 7 nitrogen and oxygen atoms in total. The van der Waals surface area contributed by atoms with Crippen LogP contribution in [0, 0.1) is 6.92 Å². The second kappa shape index (κ2) is 6.94. The molecule has 8 heteroatoms. The number of amides is 2. The molecule has 1 aromatic carbocycles. The highest BCUT2D eigenvalue weighted by atomic mass is 32.2. The number of nitrogens with zero attached hydrogens (tertiary/aromatic N) is 4. The van der Waals surface area contributed by atoms with Gasteiger partial charge in [0.25, 0.3) is 5.91 Å². The number of aliphatic imine (C=N–C) groups is 1. The van der Waals surface area contributed by atoms with Gasteiger partial charge in [0.2, 0.25) is 5.91 Å². The Kier molecular flexibility index (Phi) is 4.71. The molecule has 3 rings (SSSR count). The highest BCUT2D eigenvalue weighted by Gasteiger charge is 2.32. The van der Waals surface area contributed by atoms with Crippen molar-refractivity contribution in [3.8, 4) is 0 Å². The molecule has 0 fully saturated rings. The van der Waals surface area contributed by atoms with E-state index in [2.05, 4.69) is 10.1 Å². The van der Waals surface area contributed by atoms with Crippen molar-refractivity contribution in [1.82, 2.24) is 9.78 Å². The van der Waals surface area contributed by atoms with Crippen molar-refractivity contribution in [3.63, 3.8) is 0 Å². The van der Waals surface area contributed by atoms with E-state index in [9.17, 15) is 9.59 Å². The van der Waals surface area contributed by atoms with E-state index in [1.165, 1.54) is 4.90 Å². The monoisotopic (exact) mass is 355 g/mol. The standard InChI is InChI=1S/C17H17N5O2S/c1-11-12(9-21(2)20-11)8-14-16(24)22(13-6-4-3-5-7-13)17(19-14)25-10-15(18)23/h3-9H,10H2,1-2H3,(H2,18,23). The van der Waals surface area contributed by atoms with Gasteiger partial charge in [-0.25, -0.2) is 4.99 Å². The summed E-state index contributed by atoms with van der Waals surface area (Å²) in [6, 6.07) is 9.18. The van der Waals surface area contributed by atoms with Gasteiger partial charge >= 0.3 is 0 Å². The highest BCUT2D eigenvalue weighted by Crippen LogP contribution is 2.29. The van der Waals surface area contributed by atoms with Crippen molar-refractivity contribution in [2.75, 3.05) is 10.7 Å². The number of hydrogen-bond acceptors (Lipinski definition) is 5. The van der Waals surface area contributed by atoms with E-state index in [4.69, 9.17) is 5.73 Å². The first-order valence-corrected chi connectivity index (χ1v) is 8.55. The number of benzene rings is 1. The fraction of sp³-hybridized carbons (Fsp3) is 0.176. The molecule has 0 spiro atoms. The molecule has 25 heavy (non-hydrogen) atoms. The molecule has 2 N–H and O–H groups in total. The van der Waals surface area contributed by atoms with Gasteiger partial charge < -0.3 is 5.73 Å². The normalized spacial score (nSPS) is 15.8. The van der Waals surface area contributed by atoms with Crippen LogP contribution in [0.25, 0.3) is 6.08 Å². The minimum atomic E-state index is -0.464. The van der Waals surface area contributed by atoms with Crippen molar-refractivity contribution in [2.24, 2.45) is 17.8 Å². The summed E-state index contributed by atoms with van der Waals surface area (Å²) >= 11 is 1.14. The Morgan fingerprint density at radius 3 is 2.64 bits per heavy atom. The van der Waals surface area contributed by atoms with Gasteiger partial charge in [0.05, 0.1) is 17.1 Å². The van der Waals surface area contributed by atoms with E-state index in [1.807, 2.05) is 50.5 Å². The second-order valence-corrected chi connectivity index (χ2v) is 6.44. The Morgan fingerprint density at radius 1 is 1.32 bits per heavy atom. The molecule has 2 aromatic rings. The molecule has 128 valence electrons. The zero-order valence-electron chi connectivity index (χ0n) is 13.8. The van der Waals surface area contributed by atoms with Crippen LogP contribution in [0.4, 0.5) is 5.69 Å². The molecule has 1 aromatic heterocycles. The molecule has 0 saturated carbocycles. The van der Waals surface area contributed by atoms with Crippen LogP contribution in [0.5, 0.6) is 0 Å². The molecule has 0 saturated heterocycles. The third-order valence-electron chi connectivity index (χ3n) is 3.53. The molecule has 0 unspecified atom stereocenters. The van der Waals surface area contributed by atoms with Gasteiger partial charge in [-0.1, -0.05) is 30.0 Å². The molecule has 0 bridgehead atoms. The number of anilines is 1. The summed E-state index contributed by atoms with van der Waals surface area (Å²) in [6.45, 7) is 1.87. The van der Waals surface area contributed by atoms with Gasteiger partial charge in [0, 0.05) is 18.8 Å².